The fraction of sp³-hybridized carbons (Fsp3) is 0.533. The molecule has 0 spiro atoms. The normalized spacial score (nSPS) is 14.6. The van der Waals surface area contributed by atoms with Crippen LogP contribution in [-0.4, -0.2) is 30.4 Å². The number of hydrogen-bond acceptors (Lipinski definition) is 3. The fourth-order valence-electron chi connectivity index (χ4n) is 2.24. The van der Waals surface area contributed by atoms with Gasteiger partial charge in [0.2, 0.25) is 5.91 Å². The number of anilines is 2. The predicted octanol–water partition coefficient (Wildman–Crippen LogP) is 2.98. The first-order valence-electron chi connectivity index (χ1n) is 7.15. The van der Waals surface area contributed by atoms with Gasteiger partial charge >= 0.3 is 0 Å². The zero-order valence-corrected chi connectivity index (χ0v) is 12.6. The van der Waals surface area contributed by atoms with Gasteiger partial charge in [-0.25, -0.2) is 0 Å². The van der Waals surface area contributed by atoms with E-state index in [4.69, 9.17) is 17.3 Å². The van der Waals surface area contributed by atoms with Crippen LogP contribution in [0.2, 0.25) is 5.02 Å². The van der Waals surface area contributed by atoms with Gasteiger partial charge in [0.25, 0.3) is 0 Å². The summed E-state index contributed by atoms with van der Waals surface area (Å²) in [6.45, 7) is 4.57. The molecule has 1 aromatic carbocycles. The van der Waals surface area contributed by atoms with Crippen molar-refractivity contribution in [1.29, 1.82) is 0 Å². The van der Waals surface area contributed by atoms with Gasteiger partial charge in [-0.05, 0) is 49.9 Å². The summed E-state index contributed by atoms with van der Waals surface area (Å²) >= 11 is 5.86. The zero-order valence-electron chi connectivity index (χ0n) is 11.9. The zero-order chi connectivity index (χ0) is 14.5. The Balaban J connectivity index is 1.87. The van der Waals surface area contributed by atoms with Crippen molar-refractivity contribution in [2.45, 2.75) is 26.2 Å². The molecule has 1 aliphatic rings. The third kappa shape index (κ3) is 4.69. The molecule has 0 aliphatic heterocycles. The van der Waals surface area contributed by atoms with E-state index in [2.05, 4.69) is 17.1 Å². The molecule has 1 amide bonds. The second-order valence-corrected chi connectivity index (χ2v) is 5.87. The highest BCUT2D eigenvalue weighted by molar-refractivity contribution is 6.33. The maximum absolute atomic E-state index is 12.1. The Bertz CT molecular complexity index is 474. The average molecular weight is 296 g/mol. The van der Waals surface area contributed by atoms with Crippen LogP contribution in [-0.2, 0) is 4.79 Å². The lowest BCUT2D eigenvalue weighted by Crippen LogP contribution is -2.35. The quantitative estimate of drug-likeness (QED) is 0.760. The molecule has 3 N–H and O–H groups in total. The summed E-state index contributed by atoms with van der Waals surface area (Å²) in [6.07, 6.45) is 3.67. The van der Waals surface area contributed by atoms with Gasteiger partial charge < -0.3 is 11.1 Å². The summed E-state index contributed by atoms with van der Waals surface area (Å²) in [5.74, 6) is 0.793. The lowest BCUT2D eigenvalue weighted by Gasteiger charge is -2.20. The first-order chi connectivity index (χ1) is 9.58. The van der Waals surface area contributed by atoms with Crippen molar-refractivity contribution < 1.29 is 4.79 Å². The molecule has 0 heterocycles. The highest BCUT2D eigenvalue weighted by Crippen LogP contribution is 2.29. The standard InChI is InChI=1S/C15H22ClN3O/c1-2-7-19(9-11-3-4-11)10-15(20)18-12-5-6-13(16)14(17)8-12/h5-6,8,11H,2-4,7,9-10,17H2,1H3,(H,18,20). The Morgan fingerprint density at radius 1 is 1.50 bits per heavy atom. The summed E-state index contributed by atoms with van der Waals surface area (Å²) in [5.41, 5.74) is 6.90. The number of rotatable bonds is 7. The molecule has 0 radical (unpaired) electrons. The minimum Gasteiger partial charge on any atom is -0.397 e. The van der Waals surface area contributed by atoms with Gasteiger partial charge in [-0.1, -0.05) is 18.5 Å². The van der Waals surface area contributed by atoms with E-state index in [9.17, 15) is 4.79 Å². The van der Waals surface area contributed by atoms with Gasteiger partial charge in [0.1, 0.15) is 0 Å². The van der Waals surface area contributed by atoms with Crippen LogP contribution < -0.4 is 11.1 Å². The molecule has 1 aromatic rings. The Kier molecular flexibility index (Phi) is 5.26. The molecule has 110 valence electrons. The molecular weight excluding hydrogens is 274 g/mol. The summed E-state index contributed by atoms with van der Waals surface area (Å²) in [6, 6.07) is 5.15. The van der Waals surface area contributed by atoms with Crippen LogP contribution in [0.15, 0.2) is 18.2 Å². The van der Waals surface area contributed by atoms with Crippen molar-refractivity contribution in [3.8, 4) is 0 Å². The van der Waals surface area contributed by atoms with E-state index in [1.54, 1.807) is 18.2 Å². The van der Waals surface area contributed by atoms with Gasteiger partial charge in [0.05, 0.1) is 17.3 Å². The van der Waals surface area contributed by atoms with Crippen LogP contribution in [0.25, 0.3) is 0 Å². The van der Waals surface area contributed by atoms with Crippen LogP contribution in [0.1, 0.15) is 26.2 Å². The van der Waals surface area contributed by atoms with Gasteiger partial charge in [-0.3, -0.25) is 9.69 Å². The molecule has 0 unspecified atom stereocenters. The number of benzene rings is 1. The first kappa shape index (κ1) is 15.1. The maximum Gasteiger partial charge on any atom is 0.238 e. The van der Waals surface area contributed by atoms with Crippen LogP contribution in [0.5, 0.6) is 0 Å². The minimum absolute atomic E-state index is 0.000762. The molecule has 5 heteroatoms. The minimum atomic E-state index is 0.000762. The van der Waals surface area contributed by atoms with E-state index in [-0.39, 0.29) is 5.91 Å². The average Bonchev–Trinajstić information content (AvgIpc) is 3.18. The number of nitrogens with two attached hydrogens (primary N) is 1. The SMILES string of the molecule is CCCN(CC(=O)Nc1ccc(Cl)c(N)c1)CC1CC1. The van der Waals surface area contributed by atoms with Crippen LogP contribution in [0, 0.1) is 5.92 Å². The number of nitrogens with one attached hydrogen (secondary N) is 1. The van der Waals surface area contributed by atoms with Crippen molar-refractivity contribution in [2.24, 2.45) is 5.92 Å². The number of nitrogens with zero attached hydrogens (tertiary/aromatic N) is 1. The smallest absolute Gasteiger partial charge is 0.238 e. The van der Waals surface area contributed by atoms with Crippen LogP contribution >= 0.6 is 11.6 Å². The first-order valence-corrected chi connectivity index (χ1v) is 7.53. The van der Waals surface area contributed by atoms with Gasteiger partial charge in [0.15, 0.2) is 0 Å². The number of carbonyl (C=O) groups excluding carboxylic acids is 1. The lowest BCUT2D eigenvalue weighted by atomic mass is 10.2. The molecule has 2 rings (SSSR count). The molecule has 0 aromatic heterocycles. The lowest BCUT2D eigenvalue weighted by molar-refractivity contribution is -0.117. The van der Waals surface area contributed by atoms with E-state index in [1.165, 1.54) is 12.8 Å². The van der Waals surface area contributed by atoms with Crippen molar-refractivity contribution in [3.05, 3.63) is 23.2 Å². The molecule has 4 nitrogen and oxygen atoms in total. The van der Waals surface area contributed by atoms with E-state index < -0.39 is 0 Å². The molecule has 1 fully saturated rings. The molecular formula is C15H22ClN3O. The second kappa shape index (κ2) is 6.95. The predicted molar refractivity (Wildman–Crippen MR) is 83.9 cm³/mol. The van der Waals surface area contributed by atoms with Crippen molar-refractivity contribution in [1.82, 2.24) is 4.90 Å². The highest BCUT2D eigenvalue weighted by Gasteiger charge is 2.24. The van der Waals surface area contributed by atoms with E-state index >= 15 is 0 Å². The van der Waals surface area contributed by atoms with Crippen molar-refractivity contribution in [3.63, 3.8) is 0 Å². The molecule has 1 saturated carbocycles. The number of carbonyl (C=O) groups is 1. The summed E-state index contributed by atoms with van der Waals surface area (Å²) in [4.78, 5) is 14.3. The van der Waals surface area contributed by atoms with E-state index in [1.807, 2.05) is 0 Å². The monoisotopic (exact) mass is 295 g/mol. The van der Waals surface area contributed by atoms with Crippen LogP contribution in [0.4, 0.5) is 11.4 Å². The van der Waals surface area contributed by atoms with Gasteiger partial charge in [-0.2, -0.15) is 0 Å². The summed E-state index contributed by atoms with van der Waals surface area (Å²) in [5, 5.41) is 3.38. The van der Waals surface area contributed by atoms with Crippen molar-refractivity contribution in [2.75, 3.05) is 30.7 Å². The van der Waals surface area contributed by atoms with Crippen LogP contribution in [0.3, 0.4) is 0 Å². The molecule has 20 heavy (non-hydrogen) atoms. The Labute approximate surface area is 125 Å². The van der Waals surface area contributed by atoms with Gasteiger partial charge in [0, 0.05) is 12.2 Å². The second-order valence-electron chi connectivity index (χ2n) is 5.46. The Morgan fingerprint density at radius 2 is 2.25 bits per heavy atom. The Morgan fingerprint density at radius 3 is 2.85 bits per heavy atom. The molecule has 1 aliphatic carbocycles. The number of amides is 1. The Hall–Kier alpha value is -1.26. The third-order valence-corrected chi connectivity index (χ3v) is 3.74. The topological polar surface area (TPSA) is 58.4 Å². The number of hydrogen-bond donors (Lipinski definition) is 2. The maximum atomic E-state index is 12.1. The molecule has 0 saturated heterocycles. The molecule has 0 atom stereocenters. The van der Waals surface area contributed by atoms with Crippen molar-refractivity contribution >= 4 is 28.9 Å². The van der Waals surface area contributed by atoms with E-state index in [0.717, 1.165) is 25.4 Å². The fourth-order valence-corrected chi connectivity index (χ4v) is 2.36. The highest BCUT2D eigenvalue weighted by atomic mass is 35.5. The summed E-state index contributed by atoms with van der Waals surface area (Å²) < 4.78 is 0. The molecule has 0 bridgehead atoms. The number of nitrogen functional groups attached to an aromatic ring is 1. The largest absolute Gasteiger partial charge is 0.397 e. The van der Waals surface area contributed by atoms with E-state index in [0.29, 0.717) is 22.9 Å². The third-order valence-electron chi connectivity index (χ3n) is 3.40. The number of halogens is 1. The van der Waals surface area contributed by atoms with Gasteiger partial charge in [-0.15, -0.1) is 0 Å². The summed E-state index contributed by atoms with van der Waals surface area (Å²) in [7, 11) is 0.